The second kappa shape index (κ2) is 5.67. The van der Waals surface area contributed by atoms with Crippen LogP contribution in [-0.2, 0) is 0 Å². The van der Waals surface area contributed by atoms with Crippen molar-refractivity contribution in [2.75, 3.05) is 12.4 Å². The molecule has 0 spiro atoms. The zero-order chi connectivity index (χ0) is 13.8. The Bertz CT molecular complexity index is 652. The Morgan fingerprint density at radius 2 is 2.16 bits per heavy atom. The Kier molecular flexibility index (Phi) is 3.97. The van der Waals surface area contributed by atoms with E-state index in [9.17, 15) is 0 Å². The number of aromatic nitrogens is 2. The summed E-state index contributed by atoms with van der Waals surface area (Å²) in [4.78, 5) is 8.13. The highest BCUT2D eigenvalue weighted by atomic mass is 79.9. The molecule has 0 aliphatic heterocycles. The number of aryl methyl sites for hydroxylation is 1. The van der Waals surface area contributed by atoms with Gasteiger partial charge in [0.15, 0.2) is 0 Å². The van der Waals surface area contributed by atoms with Gasteiger partial charge in [-0.3, -0.25) is 0 Å². The summed E-state index contributed by atoms with van der Waals surface area (Å²) in [6.45, 7) is 1.91. The molecule has 0 amide bonds. The molecule has 0 atom stereocenters. The van der Waals surface area contributed by atoms with Crippen molar-refractivity contribution in [3.8, 4) is 17.7 Å². The first-order valence-corrected chi connectivity index (χ1v) is 6.32. The van der Waals surface area contributed by atoms with Crippen LogP contribution in [0.2, 0.25) is 0 Å². The average Bonchev–Trinajstić information content (AvgIpc) is 2.43. The molecule has 96 valence electrons. The second-order valence-electron chi connectivity index (χ2n) is 3.79. The van der Waals surface area contributed by atoms with Gasteiger partial charge in [-0.2, -0.15) is 5.26 Å². The van der Waals surface area contributed by atoms with Gasteiger partial charge in [-0.05, 0) is 40.5 Å². The number of hydrogen-bond acceptors (Lipinski definition) is 5. The zero-order valence-electron chi connectivity index (χ0n) is 10.4. The third-order valence-corrected chi connectivity index (χ3v) is 3.23. The van der Waals surface area contributed by atoms with Gasteiger partial charge in [0.25, 0.3) is 0 Å². The fourth-order valence-electron chi connectivity index (χ4n) is 1.48. The first-order valence-electron chi connectivity index (χ1n) is 5.52. The van der Waals surface area contributed by atoms with Gasteiger partial charge in [0.1, 0.15) is 22.4 Å². The van der Waals surface area contributed by atoms with Crippen molar-refractivity contribution in [3.63, 3.8) is 0 Å². The normalized spacial score (nSPS) is 9.79. The van der Waals surface area contributed by atoms with Crippen molar-refractivity contribution < 1.29 is 4.74 Å². The number of ether oxygens (including phenoxy) is 1. The maximum absolute atomic E-state index is 8.91. The number of anilines is 1. The molecule has 6 heteroatoms. The molecule has 0 unspecified atom stereocenters. The van der Waals surface area contributed by atoms with Gasteiger partial charge in [0.2, 0.25) is 5.88 Å². The number of halogens is 1. The summed E-state index contributed by atoms with van der Waals surface area (Å²) in [7, 11) is 1.76. The topological polar surface area (TPSA) is 70.8 Å². The molecule has 0 aliphatic rings. The molecule has 19 heavy (non-hydrogen) atoms. The Balaban J connectivity index is 2.39. The number of benzene rings is 1. The third kappa shape index (κ3) is 2.83. The molecule has 0 saturated carbocycles. The molecular formula is C13H11BrN4O. The monoisotopic (exact) mass is 318 g/mol. The van der Waals surface area contributed by atoms with Gasteiger partial charge in [-0.25, -0.2) is 9.97 Å². The van der Waals surface area contributed by atoms with Crippen LogP contribution in [0.5, 0.6) is 11.6 Å². The van der Waals surface area contributed by atoms with E-state index in [1.807, 2.05) is 13.0 Å². The van der Waals surface area contributed by atoms with Crippen LogP contribution < -0.4 is 10.1 Å². The van der Waals surface area contributed by atoms with E-state index in [2.05, 4.69) is 37.3 Å². The number of nitrogens with zero attached hydrogens (tertiary/aromatic N) is 3. The molecule has 0 aliphatic carbocycles. The maximum Gasteiger partial charge on any atom is 0.238 e. The summed E-state index contributed by atoms with van der Waals surface area (Å²) < 4.78 is 6.37. The Labute approximate surface area is 119 Å². The van der Waals surface area contributed by atoms with Gasteiger partial charge in [0.05, 0.1) is 11.6 Å². The number of nitrogens with one attached hydrogen (secondary N) is 1. The summed E-state index contributed by atoms with van der Waals surface area (Å²) >= 11 is 3.38. The highest BCUT2D eigenvalue weighted by Crippen LogP contribution is 2.33. The van der Waals surface area contributed by atoms with Crippen molar-refractivity contribution in [1.82, 2.24) is 9.97 Å². The van der Waals surface area contributed by atoms with Crippen LogP contribution >= 0.6 is 15.9 Å². The summed E-state index contributed by atoms with van der Waals surface area (Å²) in [5, 5.41) is 11.8. The zero-order valence-corrected chi connectivity index (χ0v) is 12.0. The molecule has 0 fully saturated rings. The minimum atomic E-state index is 0.400. The highest BCUT2D eigenvalue weighted by molar-refractivity contribution is 9.10. The highest BCUT2D eigenvalue weighted by Gasteiger charge is 2.11. The summed E-state index contributed by atoms with van der Waals surface area (Å²) in [5.41, 5.74) is 1.47. The Morgan fingerprint density at radius 3 is 2.84 bits per heavy atom. The predicted octanol–water partition coefficient (Wildman–Crippen LogP) is 3.25. The second-order valence-corrected chi connectivity index (χ2v) is 4.58. The van der Waals surface area contributed by atoms with Crippen LogP contribution in [0.15, 0.2) is 29.0 Å². The predicted molar refractivity (Wildman–Crippen MR) is 75.2 cm³/mol. The van der Waals surface area contributed by atoms with E-state index in [0.717, 1.165) is 5.56 Å². The molecule has 2 aromatic rings. The number of rotatable bonds is 3. The first-order chi connectivity index (χ1) is 9.15. The Hall–Kier alpha value is -2.13. The maximum atomic E-state index is 8.91. The van der Waals surface area contributed by atoms with E-state index in [1.165, 1.54) is 6.33 Å². The third-order valence-electron chi connectivity index (χ3n) is 2.52. The Morgan fingerprint density at radius 1 is 1.37 bits per heavy atom. The van der Waals surface area contributed by atoms with Crippen molar-refractivity contribution in [1.29, 1.82) is 5.26 Å². The van der Waals surface area contributed by atoms with Gasteiger partial charge >= 0.3 is 0 Å². The smallest absolute Gasteiger partial charge is 0.238 e. The van der Waals surface area contributed by atoms with Crippen molar-refractivity contribution in [2.45, 2.75) is 6.92 Å². The largest absolute Gasteiger partial charge is 0.437 e. The van der Waals surface area contributed by atoms with Gasteiger partial charge in [0, 0.05) is 7.05 Å². The quantitative estimate of drug-likeness (QED) is 0.940. The van der Waals surface area contributed by atoms with Crippen LogP contribution in [0, 0.1) is 18.3 Å². The van der Waals surface area contributed by atoms with Crippen LogP contribution in [-0.4, -0.2) is 17.0 Å². The lowest BCUT2D eigenvalue weighted by molar-refractivity contribution is 0.455. The lowest BCUT2D eigenvalue weighted by Crippen LogP contribution is -1.98. The van der Waals surface area contributed by atoms with Crippen LogP contribution in [0.25, 0.3) is 0 Å². The van der Waals surface area contributed by atoms with E-state index < -0.39 is 0 Å². The van der Waals surface area contributed by atoms with Crippen molar-refractivity contribution in [2.24, 2.45) is 0 Å². The van der Waals surface area contributed by atoms with Gasteiger partial charge in [-0.15, -0.1) is 0 Å². The molecule has 2 rings (SSSR count). The molecule has 0 saturated heterocycles. The van der Waals surface area contributed by atoms with Crippen LogP contribution in [0.1, 0.15) is 11.1 Å². The van der Waals surface area contributed by atoms with E-state index in [1.54, 1.807) is 19.2 Å². The van der Waals surface area contributed by atoms with E-state index in [4.69, 9.17) is 10.00 Å². The minimum Gasteiger partial charge on any atom is -0.437 e. The molecule has 0 radical (unpaired) electrons. The molecule has 1 N–H and O–H groups in total. The van der Waals surface area contributed by atoms with Crippen molar-refractivity contribution >= 4 is 21.7 Å². The fraction of sp³-hybridized carbons (Fsp3) is 0.154. The van der Waals surface area contributed by atoms with E-state index >= 15 is 0 Å². The van der Waals surface area contributed by atoms with E-state index in [-0.39, 0.29) is 0 Å². The van der Waals surface area contributed by atoms with Gasteiger partial charge in [-0.1, -0.05) is 6.07 Å². The summed E-state index contributed by atoms with van der Waals surface area (Å²) in [6.07, 6.45) is 1.41. The minimum absolute atomic E-state index is 0.400. The average molecular weight is 319 g/mol. The lowest BCUT2D eigenvalue weighted by atomic mass is 10.1. The number of nitriles is 1. The van der Waals surface area contributed by atoms with Crippen LogP contribution in [0.4, 0.5) is 5.82 Å². The molecule has 5 nitrogen and oxygen atoms in total. The van der Waals surface area contributed by atoms with Crippen LogP contribution in [0.3, 0.4) is 0 Å². The standard InChI is InChI=1S/C13H11BrN4O/c1-8-3-4-9(6-15)5-10(8)19-13-11(14)12(16-2)17-7-18-13/h3-5,7H,1-2H3,(H,16,17,18). The van der Waals surface area contributed by atoms with Crippen molar-refractivity contribution in [3.05, 3.63) is 40.1 Å². The number of hydrogen-bond donors (Lipinski definition) is 1. The van der Waals surface area contributed by atoms with Gasteiger partial charge < -0.3 is 10.1 Å². The SMILES string of the molecule is CNc1ncnc(Oc2cc(C#N)ccc2C)c1Br. The molecular weight excluding hydrogens is 308 g/mol. The summed E-state index contributed by atoms with van der Waals surface area (Å²) in [6, 6.07) is 7.35. The summed E-state index contributed by atoms with van der Waals surface area (Å²) in [5.74, 6) is 1.64. The molecule has 1 aromatic carbocycles. The molecule has 1 heterocycles. The molecule has 0 bridgehead atoms. The molecule has 1 aromatic heterocycles. The van der Waals surface area contributed by atoms with E-state index in [0.29, 0.717) is 27.5 Å². The lowest BCUT2D eigenvalue weighted by Gasteiger charge is -2.11. The first kappa shape index (κ1) is 13.3. The fourth-order valence-corrected chi connectivity index (χ4v) is 1.97.